The smallest absolute Gasteiger partial charge is 0.148 e. The van der Waals surface area contributed by atoms with Gasteiger partial charge in [-0.1, -0.05) is 30.3 Å². The van der Waals surface area contributed by atoms with Gasteiger partial charge < -0.3 is 5.73 Å². The lowest BCUT2D eigenvalue weighted by molar-refractivity contribution is 0.602. The predicted octanol–water partition coefficient (Wildman–Crippen LogP) is 0.522. The molecule has 0 aromatic heterocycles. The number of benzene rings is 1. The molecule has 0 aliphatic rings. The maximum Gasteiger partial charge on any atom is 0.148 e. The van der Waals surface area contributed by atoms with E-state index in [-0.39, 0.29) is 17.4 Å². The van der Waals surface area contributed by atoms with E-state index in [2.05, 4.69) is 0 Å². The summed E-state index contributed by atoms with van der Waals surface area (Å²) in [7, 11) is -4.21. The first-order chi connectivity index (χ1) is 8.42. The van der Waals surface area contributed by atoms with Crippen molar-refractivity contribution in [3.8, 4) is 0 Å². The van der Waals surface area contributed by atoms with E-state index in [0.29, 0.717) is 12.3 Å². The van der Waals surface area contributed by atoms with Crippen molar-refractivity contribution in [1.29, 1.82) is 0 Å². The van der Waals surface area contributed by atoms with Gasteiger partial charge in [-0.25, -0.2) is 8.42 Å². The van der Waals surface area contributed by atoms with Crippen molar-refractivity contribution < 1.29 is 12.6 Å². The maximum atomic E-state index is 11.8. The van der Waals surface area contributed by atoms with Crippen LogP contribution in [0.2, 0.25) is 0 Å². The average molecular weight is 289 g/mol. The van der Waals surface area contributed by atoms with Crippen molar-refractivity contribution in [2.45, 2.75) is 5.92 Å². The van der Waals surface area contributed by atoms with Gasteiger partial charge in [0, 0.05) is 41.0 Å². The van der Waals surface area contributed by atoms with E-state index in [1.165, 1.54) is 0 Å². The molecule has 18 heavy (non-hydrogen) atoms. The van der Waals surface area contributed by atoms with Crippen molar-refractivity contribution in [1.82, 2.24) is 0 Å². The molecule has 1 rings (SSSR count). The van der Waals surface area contributed by atoms with Crippen molar-refractivity contribution in [2.75, 3.05) is 30.1 Å². The summed E-state index contributed by atoms with van der Waals surface area (Å²) in [4.78, 5) is 0. The highest BCUT2D eigenvalue weighted by Crippen LogP contribution is 2.15. The van der Waals surface area contributed by atoms with Crippen LogP contribution in [0.3, 0.4) is 0 Å². The normalized spacial score (nSPS) is 15.2. The van der Waals surface area contributed by atoms with E-state index in [1.807, 2.05) is 30.3 Å². The fourth-order valence-electron chi connectivity index (χ4n) is 1.58. The summed E-state index contributed by atoms with van der Waals surface area (Å²) in [5.74, 6) is 0.579. The van der Waals surface area contributed by atoms with Crippen LogP contribution in [0, 0.1) is 0 Å². The quantitative estimate of drug-likeness (QED) is 0.794. The lowest BCUT2D eigenvalue weighted by Crippen LogP contribution is -2.22. The summed E-state index contributed by atoms with van der Waals surface area (Å²) in [6.07, 6.45) is 1.15. The Balaban J connectivity index is 2.57. The van der Waals surface area contributed by atoms with E-state index >= 15 is 0 Å². The standard InChI is InChI=1S/C12H19NO3S2/c1-18(15,16)8-7-17(14)10-12(9-13)11-5-3-2-4-6-11/h2-6,12H,7-10,13H2,1H3. The molecule has 0 aliphatic heterocycles. The Morgan fingerprint density at radius 2 is 1.89 bits per heavy atom. The molecule has 0 radical (unpaired) electrons. The van der Waals surface area contributed by atoms with Gasteiger partial charge in [0.05, 0.1) is 5.75 Å². The largest absolute Gasteiger partial charge is 0.330 e. The van der Waals surface area contributed by atoms with Gasteiger partial charge in [-0.2, -0.15) is 0 Å². The van der Waals surface area contributed by atoms with Crippen LogP contribution >= 0.6 is 0 Å². The minimum absolute atomic E-state index is 0.0200. The molecule has 0 fully saturated rings. The van der Waals surface area contributed by atoms with Gasteiger partial charge in [-0.3, -0.25) is 4.21 Å². The Hall–Kier alpha value is -0.720. The molecule has 0 saturated heterocycles. The van der Waals surface area contributed by atoms with E-state index in [0.717, 1.165) is 11.8 Å². The van der Waals surface area contributed by atoms with E-state index in [1.54, 1.807) is 0 Å². The van der Waals surface area contributed by atoms with Crippen LogP contribution < -0.4 is 5.73 Å². The summed E-state index contributed by atoms with van der Waals surface area (Å²) in [5.41, 5.74) is 6.73. The van der Waals surface area contributed by atoms with E-state index in [4.69, 9.17) is 5.73 Å². The summed E-state index contributed by atoms with van der Waals surface area (Å²) >= 11 is 0. The number of rotatable bonds is 7. The molecule has 0 saturated carbocycles. The van der Waals surface area contributed by atoms with E-state index < -0.39 is 20.6 Å². The van der Waals surface area contributed by atoms with Gasteiger partial charge in [0.2, 0.25) is 0 Å². The molecule has 0 heterocycles. The third kappa shape index (κ3) is 5.75. The third-order valence-electron chi connectivity index (χ3n) is 2.62. The SMILES string of the molecule is CS(=O)(=O)CCS(=O)CC(CN)c1ccccc1. The van der Waals surface area contributed by atoms with Crippen LogP contribution in [0.15, 0.2) is 30.3 Å². The molecule has 2 unspecified atom stereocenters. The first kappa shape index (κ1) is 15.3. The van der Waals surface area contributed by atoms with Crippen LogP contribution in [0.4, 0.5) is 0 Å². The molecule has 0 aliphatic carbocycles. The molecule has 2 N–H and O–H groups in total. The van der Waals surface area contributed by atoms with Gasteiger partial charge >= 0.3 is 0 Å². The van der Waals surface area contributed by atoms with Crippen LogP contribution in [0.1, 0.15) is 11.5 Å². The Morgan fingerprint density at radius 1 is 1.28 bits per heavy atom. The highest BCUT2D eigenvalue weighted by Gasteiger charge is 2.14. The molecule has 1 aromatic carbocycles. The summed E-state index contributed by atoms with van der Waals surface area (Å²) in [6.45, 7) is 0.411. The lowest BCUT2D eigenvalue weighted by atomic mass is 10.0. The maximum absolute atomic E-state index is 11.8. The molecule has 0 spiro atoms. The molecule has 1 aromatic rings. The van der Waals surface area contributed by atoms with Crippen molar-refractivity contribution in [3.05, 3.63) is 35.9 Å². The highest BCUT2D eigenvalue weighted by molar-refractivity contribution is 7.92. The van der Waals surface area contributed by atoms with E-state index in [9.17, 15) is 12.6 Å². The van der Waals surface area contributed by atoms with Gasteiger partial charge in [-0.05, 0) is 5.56 Å². The first-order valence-corrected chi connectivity index (χ1v) is 9.25. The average Bonchev–Trinajstić information content (AvgIpc) is 2.33. The molecular formula is C12H19NO3S2. The second-order valence-electron chi connectivity index (χ2n) is 4.28. The van der Waals surface area contributed by atoms with Crippen LogP contribution in [-0.4, -0.2) is 42.7 Å². The Kier molecular flexibility index (Phi) is 5.98. The summed E-state index contributed by atoms with van der Waals surface area (Å²) in [6, 6.07) is 9.64. The zero-order chi connectivity index (χ0) is 13.6. The van der Waals surface area contributed by atoms with Crippen molar-refractivity contribution in [3.63, 3.8) is 0 Å². The second kappa shape index (κ2) is 7.01. The Labute approximate surface area is 111 Å². The zero-order valence-electron chi connectivity index (χ0n) is 10.4. The molecule has 102 valence electrons. The monoisotopic (exact) mass is 289 g/mol. The van der Waals surface area contributed by atoms with Crippen molar-refractivity contribution in [2.24, 2.45) is 5.73 Å². The zero-order valence-corrected chi connectivity index (χ0v) is 12.0. The number of sulfone groups is 1. The lowest BCUT2D eigenvalue weighted by Gasteiger charge is -2.14. The summed E-state index contributed by atoms with van der Waals surface area (Å²) in [5, 5.41) is 0. The van der Waals surface area contributed by atoms with Crippen LogP contribution in [0.25, 0.3) is 0 Å². The van der Waals surface area contributed by atoms with Crippen LogP contribution in [-0.2, 0) is 20.6 Å². The topological polar surface area (TPSA) is 77.2 Å². The minimum Gasteiger partial charge on any atom is -0.330 e. The number of hydrogen-bond acceptors (Lipinski definition) is 4. The Morgan fingerprint density at radius 3 is 2.39 bits per heavy atom. The third-order valence-corrected chi connectivity index (χ3v) is 5.26. The number of hydrogen-bond donors (Lipinski definition) is 1. The molecule has 4 nitrogen and oxygen atoms in total. The van der Waals surface area contributed by atoms with Gasteiger partial charge in [-0.15, -0.1) is 0 Å². The number of nitrogens with two attached hydrogens (primary N) is 1. The van der Waals surface area contributed by atoms with Crippen LogP contribution in [0.5, 0.6) is 0 Å². The second-order valence-corrected chi connectivity index (χ2v) is 8.16. The summed E-state index contributed by atoms with van der Waals surface area (Å²) < 4.78 is 33.8. The fraction of sp³-hybridized carbons (Fsp3) is 0.500. The molecule has 0 bridgehead atoms. The molecule has 0 amide bonds. The highest BCUT2D eigenvalue weighted by atomic mass is 32.2. The fourth-order valence-corrected chi connectivity index (χ4v) is 4.48. The molecule has 2 atom stereocenters. The minimum atomic E-state index is -3.05. The predicted molar refractivity (Wildman–Crippen MR) is 75.8 cm³/mol. The van der Waals surface area contributed by atoms with Gasteiger partial charge in [0.15, 0.2) is 0 Å². The molecule has 6 heteroatoms. The molecular weight excluding hydrogens is 270 g/mol. The van der Waals surface area contributed by atoms with Gasteiger partial charge in [0.1, 0.15) is 9.84 Å². The first-order valence-electron chi connectivity index (χ1n) is 5.70. The van der Waals surface area contributed by atoms with Crippen molar-refractivity contribution >= 4 is 20.6 Å². The van der Waals surface area contributed by atoms with Gasteiger partial charge in [0.25, 0.3) is 0 Å². The Bertz CT molecular complexity index is 485.